The van der Waals surface area contributed by atoms with Crippen molar-refractivity contribution in [3.63, 3.8) is 0 Å². The van der Waals surface area contributed by atoms with Gasteiger partial charge in [-0.05, 0) is 39.5 Å². The molecule has 0 aliphatic rings. The lowest BCUT2D eigenvalue weighted by Crippen LogP contribution is -1.96. The fourth-order valence-corrected chi connectivity index (χ4v) is 2.53. The minimum Gasteiger partial charge on any atom is -0.506 e. The second kappa shape index (κ2) is 5.46. The molecule has 2 aromatic rings. The summed E-state index contributed by atoms with van der Waals surface area (Å²) in [6.07, 6.45) is 0. The Kier molecular flexibility index (Phi) is 3.92. The van der Waals surface area contributed by atoms with Crippen LogP contribution in [0.2, 0.25) is 0 Å². The highest BCUT2D eigenvalue weighted by molar-refractivity contribution is 9.10. The van der Waals surface area contributed by atoms with E-state index in [1.165, 1.54) is 0 Å². The molecule has 0 fully saturated rings. The highest BCUT2D eigenvalue weighted by atomic mass is 79.9. The van der Waals surface area contributed by atoms with E-state index < -0.39 is 0 Å². The fraction of sp³-hybridized carbons (Fsp3) is 0.188. The van der Waals surface area contributed by atoms with E-state index in [9.17, 15) is 10.4 Å². The maximum absolute atomic E-state index is 10.2. The Bertz CT molecular complexity index is 656. The molecule has 2 rings (SSSR count). The Morgan fingerprint density at radius 2 is 1.84 bits per heavy atom. The summed E-state index contributed by atoms with van der Waals surface area (Å²) in [6.45, 7) is 4.16. The molecule has 3 heteroatoms. The van der Waals surface area contributed by atoms with Gasteiger partial charge in [0.1, 0.15) is 5.75 Å². The summed E-state index contributed by atoms with van der Waals surface area (Å²) in [5.74, 6) is 0.453. The molecule has 0 saturated carbocycles. The van der Waals surface area contributed by atoms with Crippen molar-refractivity contribution < 1.29 is 5.11 Å². The van der Waals surface area contributed by atoms with Crippen molar-refractivity contribution >= 4 is 15.9 Å². The largest absolute Gasteiger partial charge is 0.506 e. The molecule has 0 bridgehead atoms. The lowest BCUT2D eigenvalue weighted by Gasteiger charge is -2.16. The molecule has 0 spiro atoms. The predicted molar refractivity (Wildman–Crippen MR) is 80.0 cm³/mol. The molecule has 19 heavy (non-hydrogen) atoms. The second-order valence-corrected chi connectivity index (χ2v) is 5.53. The Morgan fingerprint density at radius 1 is 1.16 bits per heavy atom. The van der Waals surface area contributed by atoms with Gasteiger partial charge < -0.3 is 5.11 Å². The van der Waals surface area contributed by atoms with E-state index in [-0.39, 0.29) is 11.7 Å². The zero-order valence-electron chi connectivity index (χ0n) is 10.8. The van der Waals surface area contributed by atoms with Crippen LogP contribution in [-0.2, 0) is 0 Å². The summed E-state index contributed by atoms with van der Waals surface area (Å²) in [5, 5.41) is 19.5. The van der Waals surface area contributed by atoms with E-state index >= 15 is 0 Å². The molecule has 0 heterocycles. The number of halogens is 1. The van der Waals surface area contributed by atoms with E-state index in [1.54, 1.807) is 12.1 Å². The number of rotatable bonds is 2. The predicted octanol–water partition coefficient (Wildman–Crippen LogP) is 4.82. The number of benzene rings is 2. The Hall–Kier alpha value is -1.79. The number of aromatic hydroxyl groups is 1. The van der Waals surface area contributed by atoms with Crippen LogP contribution in [0, 0.1) is 11.3 Å². The van der Waals surface area contributed by atoms with Crippen LogP contribution in [0.15, 0.2) is 40.9 Å². The van der Waals surface area contributed by atoms with Crippen molar-refractivity contribution in [2.45, 2.75) is 19.8 Å². The number of hydrogen-bond donors (Lipinski definition) is 1. The average molecular weight is 316 g/mol. The zero-order chi connectivity index (χ0) is 14.0. The molecule has 1 N–H and O–H groups in total. The van der Waals surface area contributed by atoms with Crippen molar-refractivity contribution in [1.29, 1.82) is 5.26 Å². The molecular weight excluding hydrogens is 302 g/mol. The van der Waals surface area contributed by atoms with Gasteiger partial charge in [-0.25, -0.2) is 0 Å². The van der Waals surface area contributed by atoms with E-state index in [2.05, 4.69) is 35.8 Å². The molecule has 0 saturated heterocycles. The van der Waals surface area contributed by atoms with Gasteiger partial charge in [-0.1, -0.05) is 38.1 Å². The minimum atomic E-state index is 0.173. The normalized spacial score (nSPS) is 10.5. The highest BCUT2D eigenvalue weighted by Gasteiger charge is 2.17. The molecule has 96 valence electrons. The third kappa shape index (κ3) is 2.50. The summed E-state index contributed by atoms with van der Waals surface area (Å²) < 4.78 is 0.632. The molecule has 0 radical (unpaired) electrons. The minimum absolute atomic E-state index is 0.173. The van der Waals surface area contributed by atoms with Gasteiger partial charge in [-0.3, -0.25) is 0 Å². The van der Waals surface area contributed by atoms with Crippen molar-refractivity contribution in [1.82, 2.24) is 0 Å². The van der Waals surface area contributed by atoms with Crippen LogP contribution in [0.3, 0.4) is 0 Å². The Balaban J connectivity index is 2.81. The van der Waals surface area contributed by atoms with Crippen LogP contribution < -0.4 is 0 Å². The molecule has 0 atom stereocenters. The molecule has 0 aliphatic heterocycles. The molecule has 2 aromatic carbocycles. The molecule has 0 aromatic heterocycles. The maximum atomic E-state index is 10.2. The van der Waals surface area contributed by atoms with E-state index in [0.29, 0.717) is 15.6 Å². The van der Waals surface area contributed by atoms with Gasteiger partial charge in [0.2, 0.25) is 0 Å². The van der Waals surface area contributed by atoms with Crippen LogP contribution in [0.1, 0.15) is 30.9 Å². The van der Waals surface area contributed by atoms with Crippen LogP contribution in [-0.4, -0.2) is 5.11 Å². The molecule has 2 nitrogen and oxygen atoms in total. The monoisotopic (exact) mass is 315 g/mol. The van der Waals surface area contributed by atoms with Gasteiger partial charge in [0, 0.05) is 11.1 Å². The highest BCUT2D eigenvalue weighted by Crippen LogP contribution is 2.40. The summed E-state index contributed by atoms with van der Waals surface area (Å²) in [5.41, 5.74) is 3.15. The molecule has 0 amide bonds. The lowest BCUT2D eigenvalue weighted by atomic mass is 9.89. The summed E-state index contributed by atoms with van der Waals surface area (Å²) in [4.78, 5) is 0. The fourth-order valence-electron chi connectivity index (χ4n) is 2.16. The number of hydrogen-bond acceptors (Lipinski definition) is 2. The van der Waals surface area contributed by atoms with Crippen molar-refractivity contribution in [3.8, 4) is 22.9 Å². The standard InChI is InChI=1S/C16H14BrNO/c1-10(2)12-6-3-5-11(9-18)15(12)13-7-4-8-14(17)16(13)19/h3-8,10,19H,1-2H3. The first-order valence-electron chi connectivity index (χ1n) is 6.07. The Labute approximate surface area is 121 Å². The first-order chi connectivity index (χ1) is 9.06. The van der Waals surface area contributed by atoms with Crippen LogP contribution in [0.5, 0.6) is 5.75 Å². The third-order valence-electron chi connectivity index (χ3n) is 3.10. The van der Waals surface area contributed by atoms with Gasteiger partial charge in [-0.15, -0.1) is 0 Å². The smallest absolute Gasteiger partial charge is 0.137 e. The molecule has 0 unspecified atom stereocenters. The lowest BCUT2D eigenvalue weighted by molar-refractivity contribution is 0.474. The zero-order valence-corrected chi connectivity index (χ0v) is 12.4. The van der Waals surface area contributed by atoms with E-state index in [1.807, 2.05) is 24.3 Å². The number of nitriles is 1. The van der Waals surface area contributed by atoms with Crippen molar-refractivity contribution in [2.75, 3.05) is 0 Å². The van der Waals surface area contributed by atoms with Gasteiger partial charge in [0.15, 0.2) is 0 Å². The average Bonchev–Trinajstić information content (AvgIpc) is 2.41. The van der Waals surface area contributed by atoms with Crippen LogP contribution in [0.4, 0.5) is 0 Å². The summed E-state index contributed by atoms with van der Waals surface area (Å²) in [7, 11) is 0. The number of nitrogens with zero attached hydrogens (tertiary/aromatic N) is 1. The van der Waals surface area contributed by atoms with Gasteiger partial charge in [0.25, 0.3) is 0 Å². The van der Waals surface area contributed by atoms with E-state index in [4.69, 9.17) is 0 Å². The first kappa shape index (κ1) is 13.6. The molecule has 0 aliphatic carbocycles. The second-order valence-electron chi connectivity index (χ2n) is 4.67. The van der Waals surface area contributed by atoms with Crippen molar-refractivity contribution in [3.05, 3.63) is 52.0 Å². The first-order valence-corrected chi connectivity index (χ1v) is 6.86. The summed E-state index contributed by atoms with van der Waals surface area (Å²) >= 11 is 3.32. The van der Waals surface area contributed by atoms with Crippen LogP contribution >= 0.6 is 15.9 Å². The van der Waals surface area contributed by atoms with E-state index in [0.717, 1.165) is 11.1 Å². The number of phenols is 1. The van der Waals surface area contributed by atoms with Crippen molar-refractivity contribution in [2.24, 2.45) is 0 Å². The number of para-hydroxylation sites is 1. The van der Waals surface area contributed by atoms with Gasteiger partial charge in [-0.2, -0.15) is 5.26 Å². The third-order valence-corrected chi connectivity index (χ3v) is 3.74. The topological polar surface area (TPSA) is 44.0 Å². The van der Waals surface area contributed by atoms with Gasteiger partial charge in [0.05, 0.1) is 16.1 Å². The summed E-state index contributed by atoms with van der Waals surface area (Å²) in [6, 6.07) is 13.3. The quantitative estimate of drug-likeness (QED) is 0.863. The molecular formula is C16H14BrNO. The number of phenolic OH excluding ortho intramolecular Hbond substituents is 1. The SMILES string of the molecule is CC(C)c1cccc(C#N)c1-c1cccc(Br)c1O. The maximum Gasteiger partial charge on any atom is 0.137 e. The Morgan fingerprint density at radius 3 is 2.47 bits per heavy atom. The van der Waals surface area contributed by atoms with Crippen LogP contribution in [0.25, 0.3) is 11.1 Å². The van der Waals surface area contributed by atoms with Gasteiger partial charge >= 0.3 is 0 Å².